The van der Waals surface area contributed by atoms with Crippen LogP contribution in [0.15, 0.2) is 48.5 Å². The summed E-state index contributed by atoms with van der Waals surface area (Å²) in [6.07, 6.45) is 0. The molecular formula is C23H29ClN2O4. The van der Waals surface area contributed by atoms with Crippen LogP contribution in [0.4, 0.5) is 0 Å². The Morgan fingerprint density at radius 3 is 2.23 bits per heavy atom. The van der Waals surface area contributed by atoms with E-state index in [-0.39, 0.29) is 25.0 Å². The van der Waals surface area contributed by atoms with Gasteiger partial charge in [-0.15, -0.1) is 0 Å². The van der Waals surface area contributed by atoms with Crippen LogP contribution in [0.3, 0.4) is 0 Å². The lowest BCUT2D eigenvalue weighted by atomic mass is 10.1. The van der Waals surface area contributed by atoms with Gasteiger partial charge < -0.3 is 19.7 Å². The molecule has 0 aliphatic rings. The lowest BCUT2D eigenvalue weighted by Gasteiger charge is -2.31. The maximum Gasteiger partial charge on any atom is 0.261 e. The summed E-state index contributed by atoms with van der Waals surface area (Å²) in [5.74, 6) is 0.453. The number of nitrogens with one attached hydrogen (secondary N) is 1. The molecule has 2 amide bonds. The minimum absolute atomic E-state index is 0.221. The van der Waals surface area contributed by atoms with E-state index in [9.17, 15) is 9.59 Å². The maximum absolute atomic E-state index is 13.1. The molecule has 0 radical (unpaired) electrons. The molecule has 2 aromatic carbocycles. The molecule has 1 N–H and O–H groups in total. The van der Waals surface area contributed by atoms with Crippen LogP contribution in [0.5, 0.6) is 11.5 Å². The van der Waals surface area contributed by atoms with Crippen molar-refractivity contribution >= 4 is 23.4 Å². The van der Waals surface area contributed by atoms with Gasteiger partial charge in [-0.2, -0.15) is 0 Å². The minimum atomic E-state index is -0.686. The summed E-state index contributed by atoms with van der Waals surface area (Å²) in [5, 5.41) is 3.53. The lowest BCUT2D eigenvalue weighted by Crippen LogP contribution is -2.53. The van der Waals surface area contributed by atoms with E-state index in [2.05, 4.69) is 5.32 Å². The molecule has 7 heteroatoms. The number of halogens is 1. The van der Waals surface area contributed by atoms with Crippen molar-refractivity contribution in [2.45, 2.75) is 45.8 Å². The third-order valence-corrected chi connectivity index (χ3v) is 4.60. The number of methoxy groups -OCH3 is 1. The highest BCUT2D eigenvalue weighted by Gasteiger charge is 2.28. The number of nitrogens with zero attached hydrogens (tertiary/aromatic N) is 1. The monoisotopic (exact) mass is 432 g/mol. The minimum Gasteiger partial charge on any atom is -0.493 e. The Bertz CT molecular complexity index is 862. The molecule has 1 atom stereocenters. The van der Waals surface area contributed by atoms with Gasteiger partial charge in [0.05, 0.1) is 7.11 Å². The Kier molecular flexibility index (Phi) is 8.12. The van der Waals surface area contributed by atoms with E-state index in [1.165, 1.54) is 12.0 Å². The molecule has 30 heavy (non-hydrogen) atoms. The molecule has 0 spiro atoms. The van der Waals surface area contributed by atoms with Crippen molar-refractivity contribution in [2.75, 3.05) is 13.7 Å². The molecule has 2 rings (SSSR count). The van der Waals surface area contributed by atoms with Crippen molar-refractivity contribution in [1.82, 2.24) is 10.2 Å². The van der Waals surface area contributed by atoms with E-state index in [4.69, 9.17) is 21.1 Å². The zero-order valence-electron chi connectivity index (χ0n) is 18.1. The van der Waals surface area contributed by atoms with E-state index < -0.39 is 11.6 Å². The SMILES string of the molecule is COc1ccccc1OCC(=O)N(Cc1ccc(Cl)cc1)[C@H](C)C(=O)NC(C)(C)C. The number of amides is 2. The summed E-state index contributed by atoms with van der Waals surface area (Å²) >= 11 is 5.97. The second-order valence-corrected chi connectivity index (χ2v) is 8.44. The van der Waals surface area contributed by atoms with Gasteiger partial charge in [0.1, 0.15) is 6.04 Å². The third kappa shape index (κ3) is 6.95. The molecule has 0 aromatic heterocycles. The van der Waals surface area contributed by atoms with Crippen molar-refractivity contribution in [3.05, 3.63) is 59.1 Å². The van der Waals surface area contributed by atoms with Crippen LogP contribution in [-0.4, -0.2) is 42.0 Å². The van der Waals surface area contributed by atoms with Crippen LogP contribution in [0, 0.1) is 0 Å². The first-order valence-electron chi connectivity index (χ1n) is 9.72. The van der Waals surface area contributed by atoms with Crippen molar-refractivity contribution in [2.24, 2.45) is 0 Å². The number of benzene rings is 2. The Labute approximate surface area is 183 Å². The van der Waals surface area contributed by atoms with Crippen LogP contribution >= 0.6 is 11.6 Å². The number of hydrogen-bond acceptors (Lipinski definition) is 4. The highest BCUT2D eigenvalue weighted by atomic mass is 35.5. The van der Waals surface area contributed by atoms with Crippen molar-refractivity contribution in [3.63, 3.8) is 0 Å². The van der Waals surface area contributed by atoms with Gasteiger partial charge in [-0.25, -0.2) is 0 Å². The lowest BCUT2D eigenvalue weighted by molar-refractivity contribution is -0.142. The predicted molar refractivity (Wildman–Crippen MR) is 118 cm³/mol. The number of ether oxygens (including phenoxy) is 2. The Morgan fingerprint density at radius 1 is 1.07 bits per heavy atom. The predicted octanol–water partition coefficient (Wildman–Crippen LogP) is 4.06. The topological polar surface area (TPSA) is 67.9 Å². The van der Waals surface area contributed by atoms with Crippen LogP contribution in [0.25, 0.3) is 0 Å². The van der Waals surface area contributed by atoms with Gasteiger partial charge in [-0.3, -0.25) is 9.59 Å². The molecule has 2 aromatic rings. The van der Waals surface area contributed by atoms with E-state index >= 15 is 0 Å². The van der Waals surface area contributed by atoms with E-state index in [1.54, 1.807) is 37.3 Å². The second-order valence-electron chi connectivity index (χ2n) is 8.00. The van der Waals surface area contributed by atoms with Crippen molar-refractivity contribution in [1.29, 1.82) is 0 Å². The highest BCUT2D eigenvalue weighted by Crippen LogP contribution is 2.26. The summed E-state index contributed by atoms with van der Waals surface area (Å²) in [6.45, 7) is 7.43. The fourth-order valence-electron chi connectivity index (χ4n) is 2.80. The standard InChI is InChI=1S/C23H29ClN2O4/c1-16(22(28)25-23(2,3)4)26(14-17-10-12-18(24)13-11-17)21(27)15-30-20-9-7-6-8-19(20)29-5/h6-13,16H,14-15H2,1-5H3,(H,25,28)/t16-/m1/s1. The Hall–Kier alpha value is -2.73. The molecule has 0 unspecified atom stereocenters. The molecule has 0 fully saturated rings. The molecule has 6 nitrogen and oxygen atoms in total. The fraction of sp³-hybridized carbons (Fsp3) is 0.391. The van der Waals surface area contributed by atoms with Crippen molar-refractivity contribution < 1.29 is 19.1 Å². The largest absolute Gasteiger partial charge is 0.493 e. The molecular weight excluding hydrogens is 404 g/mol. The fourth-order valence-corrected chi connectivity index (χ4v) is 2.93. The number of para-hydroxylation sites is 2. The van der Waals surface area contributed by atoms with Gasteiger partial charge in [0.25, 0.3) is 5.91 Å². The zero-order chi connectivity index (χ0) is 22.3. The van der Waals surface area contributed by atoms with E-state index in [0.717, 1.165) is 5.56 Å². The molecule has 0 saturated carbocycles. The molecule has 0 heterocycles. The number of rotatable bonds is 8. The van der Waals surface area contributed by atoms with Crippen LogP contribution in [0.2, 0.25) is 5.02 Å². The van der Waals surface area contributed by atoms with Gasteiger partial charge in [0, 0.05) is 17.1 Å². The first kappa shape index (κ1) is 23.5. The Morgan fingerprint density at radius 2 is 1.67 bits per heavy atom. The average Bonchev–Trinajstić information content (AvgIpc) is 2.70. The summed E-state index contributed by atoms with van der Waals surface area (Å²) in [6, 6.07) is 13.6. The van der Waals surface area contributed by atoms with E-state index in [1.807, 2.05) is 39.0 Å². The number of hydrogen-bond donors (Lipinski definition) is 1. The van der Waals surface area contributed by atoms with Gasteiger partial charge in [0.15, 0.2) is 18.1 Å². The summed E-state index contributed by atoms with van der Waals surface area (Å²) in [7, 11) is 1.54. The third-order valence-electron chi connectivity index (χ3n) is 4.35. The Balaban J connectivity index is 2.19. The molecule has 0 bridgehead atoms. The second kappa shape index (κ2) is 10.3. The molecule has 0 aliphatic heterocycles. The van der Waals surface area contributed by atoms with Gasteiger partial charge in [0.2, 0.25) is 5.91 Å². The quantitative estimate of drug-likeness (QED) is 0.683. The first-order chi connectivity index (χ1) is 14.1. The summed E-state index contributed by atoms with van der Waals surface area (Å²) in [4.78, 5) is 27.3. The first-order valence-corrected chi connectivity index (χ1v) is 10.1. The van der Waals surface area contributed by atoms with Crippen LogP contribution < -0.4 is 14.8 Å². The van der Waals surface area contributed by atoms with Gasteiger partial charge in [-0.05, 0) is 57.5 Å². The molecule has 0 saturated heterocycles. The van der Waals surface area contributed by atoms with Gasteiger partial charge >= 0.3 is 0 Å². The normalized spacial score (nSPS) is 12.1. The van der Waals surface area contributed by atoms with E-state index in [0.29, 0.717) is 16.5 Å². The number of carbonyl (C=O) groups excluding carboxylic acids is 2. The molecule has 0 aliphatic carbocycles. The smallest absolute Gasteiger partial charge is 0.261 e. The van der Waals surface area contributed by atoms with Crippen LogP contribution in [-0.2, 0) is 16.1 Å². The van der Waals surface area contributed by atoms with Crippen LogP contribution in [0.1, 0.15) is 33.3 Å². The van der Waals surface area contributed by atoms with Gasteiger partial charge in [-0.1, -0.05) is 35.9 Å². The summed E-state index contributed by atoms with van der Waals surface area (Å²) < 4.78 is 10.9. The highest BCUT2D eigenvalue weighted by molar-refractivity contribution is 6.30. The van der Waals surface area contributed by atoms with Crippen molar-refractivity contribution in [3.8, 4) is 11.5 Å². The summed E-state index contributed by atoms with van der Waals surface area (Å²) in [5.41, 5.74) is 0.453. The molecule has 162 valence electrons. The average molecular weight is 433 g/mol. The zero-order valence-corrected chi connectivity index (χ0v) is 18.8. The maximum atomic E-state index is 13.1. The number of carbonyl (C=O) groups is 2.